The Balaban J connectivity index is 1.51. The van der Waals surface area contributed by atoms with Gasteiger partial charge in [-0.15, -0.1) is 0 Å². The lowest BCUT2D eigenvalue weighted by Crippen LogP contribution is -2.56. The van der Waals surface area contributed by atoms with E-state index in [0.29, 0.717) is 25.4 Å². The Kier molecular flexibility index (Phi) is 4.89. The summed E-state index contributed by atoms with van der Waals surface area (Å²) in [6.07, 6.45) is 2.40. The number of carboxylic acid groups (broad SMARTS) is 1. The predicted octanol–water partition coefficient (Wildman–Crippen LogP) is 1.07. The number of hydrogen-bond acceptors (Lipinski definition) is 5. The van der Waals surface area contributed by atoms with Crippen molar-refractivity contribution < 1.29 is 24.5 Å². The first-order valence-electron chi connectivity index (χ1n) is 8.25. The predicted molar refractivity (Wildman–Crippen MR) is 86.3 cm³/mol. The Morgan fingerprint density at radius 1 is 1.25 bits per heavy atom. The number of likely N-dealkylation sites (tertiary alicyclic amines) is 1. The summed E-state index contributed by atoms with van der Waals surface area (Å²) < 4.78 is 5.65. The third-order valence-corrected chi connectivity index (χ3v) is 4.63. The lowest BCUT2D eigenvalue weighted by atomic mass is 9.93. The zero-order valence-corrected chi connectivity index (χ0v) is 13.4. The highest BCUT2D eigenvalue weighted by atomic mass is 16.5. The van der Waals surface area contributed by atoms with Crippen molar-refractivity contribution >= 4 is 11.9 Å². The van der Waals surface area contributed by atoms with Crippen molar-refractivity contribution in [3.8, 4) is 11.5 Å². The Morgan fingerprint density at radius 2 is 1.96 bits per heavy atom. The topological polar surface area (TPSA) is 99.1 Å². The van der Waals surface area contributed by atoms with Gasteiger partial charge in [-0.05, 0) is 44.0 Å². The van der Waals surface area contributed by atoms with E-state index >= 15 is 0 Å². The largest absolute Gasteiger partial charge is 0.507 e. The molecule has 3 N–H and O–H groups in total. The second kappa shape index (κ2) is 7.09. The minimum Gasteiger partial charge on any atom is -0.507 e. The fourth-order valence-corrected chi connectivity index (χ4v) is 3.19. The molecule has 0 aliphatic carbocycles. The van der Waals surface area contributed by atoms with Crippen LogP contribution in [-0.4, -0.2) is 59.3 Å². The summed E-state index contributed by atoms with van der Waals surface area (Å²) in [5.41, 5.74) is -0.239. The van der Waals surface area contributed by atoms with Gasteiger partial charge in [0.05, 0.1) is 13.1 Å². The van der Waals surface area contributed by atoms with Crippen LogP contribution in [0, 0.1) is 5.92 Å². The van der Waals surface area contributed by atoms with Crippen molar-refractivity contribution in [2.45, 2.75) is 25.4 Å². The molecule has 2 saturated heterocycles. The number of amides is 1. The summed E-state index contributed by atoms with van der Waals surface area (Å²) in [6.45, 7) is 2.86. The van der Waals surface area contributed by atoms with Gasteiger partial charge in [0.15, 0.2) is 0 Å². The van der Waals surface area contributed by atoms with Crippen molar-refractivity contribution in [1.82, 2.24) is 10.2 Å². The SMILES string of the molecule is O=C(O)c1c(O)cccc1OC1CN(C(=O)CC2CCNCC2)C1. The van der Waals surface area contributed by atoms with Crippen LogP contribution in [0.3, 0.4) is 0 Å². The Hall–Kier alpha value is -2.28. The smallest absolute Gasteiger partial charge is 0.343 e. The molecule has 0 aromatic heterocycles. The van der Waals surface area contributed by atoms with Crippen LogP contribution < -0.4 is 10.1 Å². The van der Waals surface area contributed by atoms with Crippen LogP contribution >= 0.6 is 0 Å². The maximum atomic E-state index is 12.2. The van der Waals surface area contributed by atoms with Crippen molar-refractivity contribution in [2.75, 3.05) is 26.2 Å². The van der Waals surface area contributed by atoms with Crippen LogP contribution in [0.5, 0.6) is 11.5 Å². The number of phenols is 1. The van der Waals surface area contributed by atoms with Gasteiger partial charge in [-0.25, -0.2) is 4.79 Å². The van der Waals surface area contributed by atoms with E-state index in [2.05, 4.69) is 5.32 Å². The summed E-state index contributed by atoms with van der Waals surface area (Å²) >= 11 is 0. The number of nitrogens with zero attached hydrogens (tertiary/aromatic N) is 1. The molecule has 1 aromatic carbocycles. The van der Waals surface area contributed by atoms with Gasteiger partial charge in [0.25, 0.3) is 0 Å². The number of aromatic hydroxyl groups is 1. The zero-order valence-electron chi connectivity index (χ0n) is 13.4. The molecule has 3 rings (SSSR count). The van der Waals surface area contributed by atoms with E-state index in [-0.39, 0.29) is 29.1 Å². The lowest BCUT2D eigenvalue weighted by Gasteiger charge is -2.40. The minimum absolute atomic E-state index is 0.135. The van der Waals surface area contributed by atoms with Crippen LogP contribution in [0.1, 0.15) is 29.6 Å². The number of carbonyl (C=O) groups excluding carboxylic acids is 1. The molecule has 2 fully saturated rings. The Morgan fingerprint density at radius 3 is 2.62 bits per heavy atom. The molecule has 1 aromatic rings. The number of piperidine rings is 1. The summed E-state index contributed by atoms with van der Waals surface area (Å²) in [5, 5.41) is 22.1. The van der Waals surface area contributed by atoms with Gasteiger partial charge >= 0.3 is 5.97 Å². The fraction of sp³-hybridized carbons (Fsp3) is 0.529. The van der Waals surface area contributed by atoms with Gasteiger partial charge in [0.1, 0.15) is 23.2 Å². The highest BCUT2D eigenvalue weighted by Gasteiger charge is 2.34. The zero-order chi connectivity index (χ0) is 17.1. The van der Waals surface area contributed by atoms with Crippen molar-refractivity contribution in [3.63, 3.8) is 0 Å². The maximum Gasteiger partial charge on any atom is 0.343 e. The molecule has 2 aliphatic heterocycles. The molecule has 0 saturated carbocycles. The quantitative estimate of drug-likeness (QED) is 0.745. The number of aromatic carboxylic acids is 1. The molecule has 7 heteroatoms. The molecule has 0 radical (unpaired) electrons. The molecule has 24 heavy (non-hydrogen) atoms. The molecule has 130 valence electrons. The molecular weight excluding hydrogens is 312 g/mol. The molecule has 0 unspecified atom stereocenters. The standard InChI is InChI=1S/C17H22N2O5/c20-13-2-1-3-14(16(13)17(22)23)24-12-9-19(10-12)15(21)8-11-4-6-18-7-5-11/h1-3,11-12,18,20H,4-10H2,(H,22,23). The highest BCUT2D eigenvalue weighted by molar-refractivity contribution is 5.94. The van der Waals surface area contributed by atoms with Gasteiger partial charge in [-0.3, -0.25) is 4.79 Å². The first-order valence-corrected chi connectivity index (χ1v) is 8.25. The normalized spacial score (nSPS) is 18.9. The number of nitrogens with one attached hydrogen (secondary N) is 1. The maximum absolute atomic E-state index is 12.2. The molecule has 0 atom stereocenters. The van der Waals surface area contributed by atoms with Crippen LogP contribution in [0.25, 0.3) is 0 Å². The van der Waals surface area contributed by atoms with E-state index < -0.39 is 5.97 Å². The average Bonchev–Trinajstić information content (AvgIpc) is 2.51. The van der Waals surface area contributed by atoms with E-state index in [1.165, 1.54) is 18.2 Å². The third kappa shape index (κ3) is 3.62. The molecule has 2 heterocycles. The monoisotopic (exact) mass is 334 g/mol. The highest BCUT2D eigenvalue weighted by Crippen LogP contribution is 2.30. The Bertz CT molecular complexity index is 621. The van der Waals surface area contributed by atoms with E-state index in [1.54, 1.807) is 4.90 Å². The Labute approximate surface area is 140 Å². The number of benzene rings is 1. The van der Waals surface area contributed by atoms with Gasteiger partial charge in [0.2, 0.25) is 5.91 Å². The van der Waals surface area contributed by atoms with Gasteiger partial charge in [-0.2, -0.15) is 0 Å². The van der Waals surface area contributed by atoms with Crippen molar-refractivity contribution in [1.29, 1.82) is 0 Å². The number of carbonyl (C=O) groups is 2. The fourth-order valence-electron chi connectivity index (χ4n) is 3.19. The third-order valence-electron chi connectivity index (χ3n) is 4.63. The van der Waals surface area contributed by atoms with Crippen LogP contribution in [0.2, 0.25) is 0 Å². The summed E-state index contributed by atoms with van der Waals surface area (Å²) in [7, 11) is 0. The van der Waals surface area contributed by atoms with Gasteiger partial charge in [-0.1, -0.05) is 6.07 Å². The number of carboxylic acids is 1. The van der Waals surface area contributed by atoms with Crippen molar-refractivity contribution in [3.05, 3.63) is 23.8 Å². The molecule has 0 spiro atoms. The van der Waals surface area contributed by atoms with E-state index in [0.717, 1.165) is 25.9 Å². The van der Waals surface area contributed by atoms with Crippen molar-refractivity contribution in [2.24, 2.45) is 5.92 Å². The molecular formula is C17H22N2O5. The number of hydrogen-bond donors (Lipinski definition) is 3. The summed E-state index contributed by atoms with van der Waals surface area (Å²) in [5.74, 6) is -0.836. The van der Waals surface area contributed by atoms with Gasteiger partial charge in [0, 0.05) is 6.42 Å². The number of rotatable bonds is 5. The molecule has 7 nitrogen and oxygen atoms in total. The van der Waals surface area contributed by atoms with Gasteiger partial charge < -0.3 is 25.2 Å². The summed E-state index contributed by atoms with van der Waals surface area (Å²) in [4.78, 5) is 25.2. The van der Waals surface area contributed by atoms with E-state index in [4.69, 9.17) is 9.84 Å². The second-order valence-electron chi connectivity index (χ2n) is 6.39. The van der Waals surface area contributed by atoms with Crippen LogP contribution in [0.4, 0.5) is 0 Å². The molecule has 0 bridgehead atoms. The van der Waals surface area contributed by atoms with E-state index in [1.807, 2.05) is 0 Å². The average molecular weight is 334 g/mol. The summed E-state index contributed by atoms with van der Waals surface area (Å²) in [6, 6.07) is 4.37. The van der Waals surface area contributed by atoms with Crippen LogP contribution in [-0.2, 0) is 4.79 Å². The molecule has 1 amide bonds. The molecule has 2 aliphatic rings. The number of ether oxygens (including phenoxy) is 1. The first kappa shape index (κ1) is 16.6. The van der Waals surface area contributed by atoms with Crippen LogP contribution in [0.15, 0.2) is 18.2 Å². The minimum atomic E-state index is -1.23. The lowest BCUT2D eigenvalue weighted by molar-refractivity contribution is -0.141. The first-order chi connectivity index (χ1) is 11.5. The second-order valence-corrected chi connectivity index (χ2v) is 6.39. The van der Waals surface area contributed by atoms with E-state index in [9.17, 15) is 14.7 Å².